The molecule has 1 unspecified atom stereocenters. The van der Waals surface area contributed by atoms with Crippen molar-refractivity contribution < 1.29 is 27.4 Å². The Morgan fingerprint density at radius 1 is 1.36 bits per heavy atom. The van der Waals surface area contributed by atoms with Gasteiger partial charge in [-0.15, -0.1) is 11.3 Å². The summed E-state index contributed by atoms with van der Waals surface area (Å²) in [5.74, 6) is -0.505. The first kappa shape index (κ1) is 22.0. The van der Waals surface area contributed by atoms with E-state index in [0.717, 1.165) is 10.6 Å². The normalized spacial score (nSPS) is 14.0. The molecule has 0 radical (unpaired) electrons. The number of hydrogen-bond acceptors (Lipinski definition) is 9. The van der Waals surface area contributed by atoms with E-state index < -0.39 is 28.9 Å². The van der Waals surface area contributed by atoms with Crippen LogP contribution in [0.25, 0.3) is 0 Å². The summed E-state index contributed by atoms with van der Waals surface area (Å²) in [5.41, 5.74) is 2.83. The van der Waals surface area contributed by atoms with Crippen LogP contribution >= 0.6 is 11.3 Å². The van der Waals surface area contributed by atoms with Crippen LogP contribution in [0.2, 0.25) is 0 Å². The second-order valence-corrected chi connectivity index (χ2v) is 7.29. The third kappa shape index (κ3) is 4.55. The fourth-order valence-electron chi connectivity index (χ4n) is 2.70. The van der Waals surface area contributed by atoms with Gasteiger partial charge in [-0.05, 0) is 31.0 Å². The zero-order chi connectivity index (χ0) is 20.9. The highest BCUT2D eigenvalue weighted by atomic mass is 32.2. The van der Waals surface area contributed by atoms with Gasteiger partial charge >= 0.3 is 6.09 Å². The van der Waals surface area contributed by atoms with Crippen molar-refractivity contribution in [3.05, 3.63) is 45.9 Å². The van der Waals surface area contributed by atoms with Crippen LogP contribution < -0.4 is 5.48 Å². The summed E-state index contributed by atoms with van der Waals surface area (Å²) in [6.45, 7) is 4.94. The maximum Gasteiger partial charge on any atom is 0.417 e. The van der Waals surface area contributed by atoms with Gasteiger partial charge in [0.2, 0.25) is 5.91 Å². The highest BCUT2D eigenvalue weighted by molar-refractivity contribution is 7.74. The molecule has 1 aromatic heterocycles. The van der Waals surface area contributed by atoms with E-state index in [1.165, 1.54) is 25.4 Å². The summed E-state index contributed by atoms with van der Waals surface area (Å²) >= 11 is -1.39. The van der Waals surface area contributed by atoms with Crippen molar-refractivity contribution in [2.75, 3.05) is 12.6 Å². The van der Waals surface area contributed by atoms with Crippen LogP contribution in [0.15, 0.2) is 29.6 Å². The monoisotopic (exact) mass is 426 g/mol. The van der Waals surface area contributed by atoms with E-state index in [-0.39, 0.29) is 0 Å². The largest absolute Gasteiger partial charge is 0.748 e. The highest BCUT2D eigenvalue weighted by Gasteiger charge is 2.44. The molecule has 1 aromatic carbocycles. The van der Waals surface area contributed by atoms with E-state index in [0.29, 0.717) is 22.7 Å². The molecule has 0 bridgehead atoms. The topological polar surface area (TPSA) is 121 Å². The van der Waals surface area contributed by atoms with Crippen molar-refractivity contribution >= 4 is 40.4 Å². The van der Waals surface area contributed by atoms with Crippen molar-refractivity contribution in [3.8, 4) is 0 Å². The van der Waals surface area contributed by atoms with Gasteiger partial charge in [0.15, 0.2) is 0 Å². The molecule has 1 heterocycles. The molecular formula is C17H20N3O6S2-. The van der Waals surface area contributed by atoms with E-state index >= 15 is 0 Å². The standard InChI is InChI=1S/C17H21N3O6S2/c1-5-13-10-27-15(18-13)17(3,20(11(2)21)16(22)25-4)12-6-8-14(9-7-12)19-26-28(23)24/h6-10,19H,5H2,1-4H3,(H,23,24)/p-1/t17-/m0/s1. The Bertz CT molecular complexity index is 870. The summed E-state index contributed by atoms with van der Waals surface area (Å²) in [5, 5.41) is 2.42. The number of carbonyl (C=O) groups is 2. The molecule has 9 nitrogen and oxygen atoms in total. The Hall–Kier alpha value is -2.34. The highest BCUT2D eigenvalue weighted by Crippen LogP contribution is 2.38. The third-order valence-corrected chi connectivity index (χ3v) is 5.45. The van der Waals surface area contributed by atoms with Gasteiger partial charge in [0, 0.05) is 12.3 Å². The Labute approximate surface area is 169 Å². The SMILES string of the molecule is CCc1csc([C@](C)(c2ccc(NOS(=O)[O-])cc2)N(C(C)=O)C(=O)OC)n1. The van der Waals surface area contributed by atoms with Crippen LogP contribution in [0, 0.1) is 0 Å². The van der Waals surface area contributed by atoms with Gasteiger partial charge in [0.1, 0.15) is 21.9 Å². The molecule has 28 heavy (non-hydrogen) atoms. The first-order valence-corrected chi connectivity index (χ1v) is 10.1. The number of amides is 2. The minimum absolute atomic E-state index is 0.371. The first-order chi connectivity index (χ1) is 13.2. The minimum Gasteiger partial charge on any atom is -0.748 e. The zero-order valence-corrected chi connectivity index (χ0v) is 17.4. The number of carbonyl (C=O) groups excluding carboxylic acids is 2. The maximum absolute atomic E-state index is 12.4. The van der Waals surface area contributed by atoms with Crippen LogP contribution in [-0.4, -0.2) is 37.8 Å². The molecule has 0 aliphatic heterocycles. The van der Waals surface area contributed by atoms with Crippen LogP contribution in [0.3, 0.4) is 0 Å². The van der Waals surface area contributed by atoms with E-state index in [1.54, 1.807) is 31.2 Å². The molecule has 2 rings (SSSR count). The molecule has 0 fully saturated rings. The van der Waals surface area contributed by atoms with Gasteiger partial charge in [-0.25, -0.2) is 18.9 Å². The number of aromatic nitrogens is 1. The zero-order valence-electron chi connectivity index (χ0n) is 15.8. The number of hydrogen-bond donors (Lipinski definition) is 1. The molecule has 2 atom stereocenters. The van der Waals surface area contributed by atoms with Crippen molar-refractivity contribution in [2.45, 2.75) is 32.7 Å². The molecule has 0 aliphatic rings. The first-order valence-electron chi connectivity index (χ1n) is 8.20. The van der Waals surface area contributed by atoms with E-state index in [2.05, 4.69) is 14.7 Å². The van der Waals surface area contributed by atoms with Gasteiger partial charge in [0.25, 0.3) is 0 Å². The lowest BCUT2D eigenvalue weighted by Gasteiger charge is -2.37. The lowest BCUT2D eigenvalue weighted by atomic mass is 9.90. The van der Waals surface area contributed by atoms with Crippen LogP contribution in [0.4, 0.5) is 10.5 Å². The number of aryl methyl sites for hydroxylation is 1. The minimum atomic E-state index is -2.72. The van der Waals surface area contributed by atoms with Gasteiger partial charge in [-0.1, -0.05) is 19.1 Å². The molecule has 0 saturated heterocycles. The molecular weight excluding hydrogens is 406 g/mol. The van der Waals surface area contributed by atoms with Crippen LogP contribution in [-0.2, 0) is 37.1 Å². The van der Waals surface area contributed by atoms with Gasteiger partial charge in [-0.3, -0.25) is 10.3 Å². The summed E-state index contributed by atoms with van der Waals surface area (Å²) < 4.78 is 30.1. The summed E-state index contributed by atoms with van der Waals surface area (Å²) in [6, 6.07) is 6.41. The smallest absolute Gasteiger partial charge is 0.417 e. The fraction of sp³-hybridized carbons (Fsp3) is 0.353. The number of imide groups is 1. The fourth-order valence-corrected chi connectivity index (χ4v) is 3.94. The molecule has 0 aliphatic carbocycles. The lowest BCUT2D eigenvalue weighted by Crippen LogP contribution is -2.50. The molecule has 0 spiro atoms. The summed E-state index contributed by atoms with van der Waals surface area (Å²) in [7, 11) is 1.20. The van der Waals surface area contributed by atoms with E-state index in [1.807, 2.05) is 12.3 Å². The third-order valence-electron chi connectivity index (χ3n) is 4.12. The molecule has 0 saturated carbocycles. The predicted molar refractivity (Wildman–Crippen MR) is 103 cm³/mol. The number of anilines is 1. The Morgan fingerprint density at radius 2 is 2.00 bits per heavy atom. The maximum atomic E-state index is 12.4. The number of nitrogens with zero attached hydrogens (tertiary/aromatic N) is 2. The predicted octanol–water partition coefficient (Wildman–Crippen LogP) is 2.72. The quantitative estimate of drug-likeness (QED) is 0.530. The van der Waals surface area contributed by atoms with Gasteiger partial charge in [0.05, 0.1) is 18.5 Å². The molecule has 152 valence electrons. The number of thiazole rings is 1. The molecule has 2 amide bonds. The Balaban J connectivity index is 2.56. The van der Waals surface area contributed by atoms with Crippen molar-refractivity contribution in [1.82, 2.24) is 9.88 Å². The number of ether oxygens (including phenoxy) is 1. The van der Waals surface area contributed by atoms with Gasteiger partial charge in [-0.2, -0.15) is 4.28 Å². The number of benzene rings is 1. The molecule has 1 N–H and O–H groups in total. The van der Waals surface area contributed by atoms with Crippen molar-refractivity contribution in [2.24, 2.45) is 0 Å². The Morgan fingerprint density at radius 3 is 2.46 bits per heavy atom. The van der Waals surface area contributed by atoms with E-state index in [4.69, 9.17) is 4.74 Å². The average molecular weight is 426 g/mol. The van der Waals surface area contributed by atoms with Crippen molar-refractivity contribution in [3.63, 3.8) is 0 Å². The van der Waals surface area contributed by atoms with Crippen LogP contribution in [0.1, 0.15) is 37.0 Å². The summed E-state index contributed by atoms with van der Waals surface area (Å²) in [4.78, 5) is 30.4. The van der Waals surface area contributed by atoms with Gasteiger partial charge < -0.3 is 9.29 Å². The second kappa shape index (κ2) is 9.24. The Kier molecular flexibility index (Phi) is 7.24. The number of methoxy groups -OCH3 is 1. The lowest BCUT2D eigenvalue weighted by molar-refractivity contribution is -0.131. The van der Waals surface area contributed by atoms with Crippen molar-refractivity contribution in [1.29, 1.82) is 0 Å². The number of rotatable bonds is 7. The molecule has 2 aromatic rings. The molecule has 11 heteroatoms. The second-order valence-electron chi connectivity index (χ2n) is 5.86. The van der Waals surface area contributed by atoms with E-state index in [9.17, 15) is 18.4 Å². The van der Waals surface area contributed by atoms with Crippen LogP contribution in [0.5, 0.6) is 0 Å². The average Bonchev–Trinajstić information content (AvgIpc) is 3.16. The summed E-state index contributed by atoms with van der Waals surface area (Å²) in [6.07, 6.45) is -0.104. The number of nitrogens with one attached hydrogen (secondary N) is 1.